The minimum absolute atomic E-state index is 0.0700. The molecule has 21 heavy (non-hydrogen) atoms. The summed E-state index contributed by atoms with van der Waals surface area (Å²) in [5.41, 5.74) is 8.12. The molecule has 2 aromatic rings. The van der Waals surface area contributed by atoms with Crippen LogP contribution in [0.3, 0.4) is 0 Å². The molecular formula is C17H20N2O2. The highest BCUT2D eigenvalue weighted by Crippen LogP contribution is 2.24. The van der Waals surface area contributed by atoms with Crippen molar-refractivity contribution in [2.75, 3.05) is 13.1 Å². The van der Waals surface area contributed by atoms with Crippen molar-refractivity contribution < 1.29 is 9.21 Å². The predicted molar refractivity (Wildman–Crippen MR) is 82.0 cm³/mol. The van der Waals surface area contributed by atoms with Crippen LogP contribution < -0.4 is 5.73 Å². The molecule has 1 aliphatic heterocycles. The zero-order valence-electron chi connectivity index (χ0n) is 12.2. The maximum absolute atomic E-state index is 12.3. The molecule has 1 aliphatic rings. The largest absolute Gasteiger partial charge is 0.451 e. The Morgan fingerprint density at radius 2 is 2.05 bits per heavy atom. The Kier molecular flexibility index (Phi) is 3.80. The lowest BCUT2D eigenvalue weighted by atomic mass is 10.1. The van der Waals surface area contributed by atoms with E-state index in [-0.39, 0.29) is 11.9 Å². The first-order valence-electron chi connectivity index (χ1n) is 7.41. The second kappa shape index (κ2) is 5.74. The van der Waals surface area contributed by atoms with Gasteiger partial charge in [-0.1, -0.05) is 31.2 Å². The van der Waals surface area contributed by atoms with Crippen molar-refractivity contribution in [3.63, 3.8) is 0 Å². The van der Waals surface area contributed by atoms with E-state index in [4.69, 9.17) is 10.2 Å². The molecule has 1 aromatic carbocycles. The van der Waals surface area contributed by atoms with E-state index in [1.165, 1.54) is 5.56 Å². The molecule has 1 aromatic heterocycles. The molecule has 1 atom stereocenters. The highest BCUT2D eigenvalue weighted by atomic mass is 16.4. The van der Waals surface area contributed by atoms with Crippen molar-refractivity contribution in [3.8, 4) is 11.3 Å². The van der Waals surface area contributed by atoms with E-state index < -0.39 is 0 Å². The Morgan fingerprint density at radius 3 is 2.67 bits per heavy atom. The van der Waals surface area contributed by atoms with E-state index in [1.54, 1.807) is 11.0 Å². The molecule has 4 heteroatoms. The fraction of sp³-hybridized carbons (Fsp3) is 0.353. The van der Waals surface area contributed by atoms with Gasteiger partial charge in [0, 0.05) is 24.7 Å². The highest BCUT2D eigenvalue weighted by Gasteiger charge is 2.26. The fourth-order valence-electron chi connectivity index (χ4n) is 2.64. The number of carbonyl (C=O) groups excluding carboxylic acids is 1. The van der Waals surface area contributed by atoms with Gasteiger partial charge in [0.15, 0.2) is 5.76 Å². The average Bonchev–Trinajstić information content (AvgIpc) is 3.16. The number of rotatable bonds is 3. The van der Waals surface area contributed by atoms with E-state index in [0.29, 0.717) is 18.8 Å². The van der Waals surface area contributed by atoms with Gasteiger partial charge in [-0.15, -0.1) is 0 Å². The Labute approximate surface area is 124 Å². The van der Waals surface area contributed by atoms with Crippen LogP contribution in [-0.2, 0) is 6.42 Å². The van der Waals surface area contributed by atoms with Crippen molar-refractivity contribution >= 4 is 5.91 Å². The highest BCUT2D eigenvalue weighted by molar-refractivity contribution is 5.92. The van der Waals surface area contributed by atoms with Crippen LogP contribution in [0.4, 0.5) is 0 Å². The zero-order valence-corrected chi connectivity index (χ0v) is 12.2. The Bertz CT molecular complexity index is 630. The fourth-order valence-corrected chi connectivity index (χ4v) is 2.64. The number of furan rings is 1. The second-order valence-corrected chi connectivity index (χ2v) is 5.51. The molecule has 110 valence electrons. The molecule has 1 amide bonds. The van der Waals surface area contributed by atoms with Crippen LogP contribution in [0.15, 0.2) is 40.8 Å². The van der Waals surface area contributed by atoms with Gasteiger partial charge in [-0.3, -0.25) is 4.79 Å². The van der Waals surface area contributed by atoms with Gasteiger partial charge < -0.3 is 15.1 Å². The third-order valence-corrected chi connectivity index (χ3v) is 3.98. The number of aryl methyl sites for hydroxylation is 1. The normalized spacial score (nSPS) is 18.2. The molecule has 0 aliphatic carbocycles. The summed E-state index contributed by atoms with van der Waals surface area (Å²) in [7, 11) is 0. The number of benzene rings is 1. The van der Waals surface area contributed by atoms with Gasteiger partial charge in [0.2, 0.25) is 0 Å². The van der Waals surface area contributed by atoms with E-state index in [1.807, 2.05) is 18.2 Å². The van der Waals surface area contributed by atoms with Crippen molar-refractivity contribution in [3.05, 3.63) is 47.7 Å². The van der Waals surface area contributed by atoms with Crippen LogP contribution in [0.2, 0.25) is 0 Å². The number of nitrogens with two attached hydrogens (primary N) is 1. The van der Waals surface area contributed by atoms with Crippen molar-refractivity contribution in [1.82, 2.24) is 4.90 Å². The number of nitrogens with zero attached hydrogens (tertiary/aromatic N) is 1. The average molecular weight is 284 g/mol. The summed E-state index contributed by atoms with van der Waals surface area (Å²) >= 11 is 0. The Morgan fingerprint density at radius 1 is 1.29 bits per heavy atom. The molecule has 0 unspecified atom stereocenters. The number of hydrogen-bond acceptors (Lipinski definition) is 3. The molecule has 0 saturated carbocycles. The first-order chi connectivity index (χ1) is 10.2. The minimum Gasteiger partial charge on any atom is -0.451 e. The number of amides is 1. The van der Waals surface area contributed by atoms with Crippen LogP contribution in [0.25, 0.3) is 11.3 Å². The van der Waals surface area contributed by atoms with Gasteiger partial charge >= 0.3 is 0 Å². The van der Waals surface area contributed by atoms with E-state index in [9.17, 15) is 4.79 Å². The van der Waals surface area contributed by atoms with Gasteiger partial charge in [-0.05, 0) is 30.5 Å². The van der Waals surface area contributed by atoms with E-state index in [0.717, 1.165) is 24.2 Å². The Balaban J connectivity index is 1.77. The van der Waals surface area contributed by atoms with Crippen LogP contribution >= 0.6 is 0 Å². The van der Waals surface area contributed by atoms with Gasteiger partial charge in [-0.25, -0.2) is 0 Å². The SMILES string of the molecule is CCc1ccc(-c2ccc(C(=O)N3CC[C@@H](N)C3)o2)cc1. The van der Waals surface area contributed by atoms with Crippen LogP contribution in [0.1, 0.15) is 29.5 Å². The summed E-state index contributed by atoms with van der Waals surface area (Å²) < 4.78 is 5.72. The van der Waals surface area contributed by atoms with Crippen molar-refractivity contribution in [2.24, 2.45) is 5.73 Å². The lowest BCUT2D eigenvalue weighted by Crippen LogP contribution is -2.31. The molecule has 2 heterocycles. The van der Waals surface area contributed by atoms with Gasteiger partial charge in [0.05, 0.1) is 0 Å². The first-order valence-corrected chi connectivity index (χ1v) is 7.41. The summed E-state index contributed by atoms with van der Waals surface area (Å²) in [6.07, 6.45) is 1.87. The van der Waals surface area contributed by atoms with Gasteiger partial charge in [0.1, 0.15) is 5.76 Å². The third kappa shape index (κ3) is 2.85. The third-order valence-electron chi connectivity index (χ3n) is 3.98. The van der Waals surface area contributed by atoms with Crippen LogP contribution in [0.5, 0.6) is 0 Å². The lowest BCUT2D eigenvalue weighted by Gasteiger charge is -2.13. The molecule has 2 N–H and O–H groups in total. The molecule has 4 nitrogen and oxygen atoms in total. The first kappa shape index (κ1) is 13.9. The van der Waals surface area contributed by atoms with E-state index >= 15 is 0 Å². The second-order valence-electron chi connectivity index (χ2n) is 5.51. The standard InChI is InChI=1S/C17H20N2O2/c1-2-12-3-5-13(6-4-12)15-7-8-16(21-15)17(20)19-10-9-14(18)11-19/h3-8,14H,2,9-11,18H2,1H3/t14-/m1/s1. The molecular weight excluding hydrogens is 264 g/mol. The summed E-state index contributed by atoms with van der Waals surface area (Å²) in [5, 5.41) is 0. The summed E-state index contributed by atoms with van der Waals surface area (Å²) in [6, 6.07) is 11.9. The van der Waals surface area contributed by atoms with Gasteiger partial charge in [-0.2, -0.15) is 0 Å². The monoisotopic (exact) mass is 284 g/mol. The Hall–Kier alpha value is -2.07. The topological polar surface area (TPSA) is 59.5 Å². The van der Waals surface area contributed by atoms with Crippen LogP contribution in [-0.4, -0.2) is 29.9 Å². The smallest absolute Gasteiger partial charge is 0.289 e. The number of hydrogen-bond donors (Lipinski definition) is 1. The number of likely N-dealkylation sites (tertiary alicyclic amines) is 1. The zero-order chi connectivity index (χ0) is 14.8. The molecule has 3 rings (SSSR count). The van der Waals surface area contributed by atoms with Crippen LogP contribution in [0, 0.1) is 0 Å². The lowest BCUT2D eigenvalue weighted by molar-refractivity contribution is 0.0760. The summed E-state index contributed by atoms with van der Waals surface area (Å²) in [5.74, 6) is 1.04. The summed E-state index contributed by atoms with van der Waals surface area (Å²) in [4.78, 5) is 14.1. The molecule has 0 spiro atoms. The maximum Gasteiger partial charge on any atom is 0.289 e. The summed E-state index contributed by atoms with van der Waals surface area (Å²) in [6.45, 7) is 3.45. The van der Waals surface area contributed by atoms with E-state index in [2.05, 4.69) is 19.1 Å². The predicted octanol–water partition coefficient (Wildman–Crippen LogP) is 2.68. The molecule has 1 saturated heterocycles. The van der Waals surface area contributed by atoms with Crippen molar-refractivity contribution in [1.29, 1.82) is 0 Å². The minimum atomic E-state index is -0.0700. The maximum atomic E-state index is 12.3. The molecule has 0 bridgehead atoms. The molecule has 0 radical (unpaired) electrons. The number of carbonyl (C=O) groups is 1. The quantitative estimate of drug-likeness (QED) is 0.942. The molecule has 1 fully saturated rings. The van der Waals surface area contributed by atoms with Gasteiger partial charge in [0.25, 0.3) is 5.91 Å². The van der Waals surface area contributed by atoms with Crippen molar-refractivity contribution in [2.45, 2.75) is 25.8 Å².